The molecular weight excluding hydrogens is 340 g/mol. The van der Waals surface area contributed by atoms with Crippen LogP contribution < -0.4 is 21.8 Å². The van der Waals surface area contributed by atoms with Crippen LogP contribution in [0.5, 0.6) is 0 Å². The average Bonchev–Trinajstić information content (AvgIpc) is 2.63. The summed E-state index contributed by atoms with van der Waals surface area (Å²) < 4.78 is 0. The lowest BCUT2D eigenvalue weighted by Crippen LogP contribution is -2.78. The first-order valence-corrected chi connectivity index (χ1v) is 10.9. The molecule has 6 N–H and O–H groups in total. The predicted molar refractivity (Wildman–Crippen MR) is 112 cm³/mol. The highest BCUT2D eigenvalue weighted by Gasteiger charge is 2.19. The van der Waals surface area contributed by atoms with E-state index in [9.17, 15) is 9.59 Å². The normalized spacial score (nSPS) is 11.8. The molecule has 0 saturated carbocycles. The molecule has 0 aromatic rings. The number of hydrogen-bond donors (Lipinski definition) is 4. The third-order valence-corrected chi connectivity index (χ3v) is 4.76. The third kappa shape index (κ3) is 16.3. The third-order valence-electron chi connectivity index (χ3n) is 4.76. The van der Waals surface area contributed by atoms with Crippen LogP contribution in [0, 0.1) is 0 Å². The van der Waals surface area contributed by atoms with Gasteiger partial charge >= 0.3 is 5.96 Å². The number of carbonyl (C=O) groups is 2. The SMILES string of the molecule is CCCCCCCC(=O)NC(CCC[NH+]=C(N)N)C(=O)CCCCCCC. The van der Waals surface area contributed by atoms with Crippen LogP contribution in [-0.2, 0) is 9.59 Å². The number of nitrogens with one attached hydrogen (secondary N) is 2. The molecule has 0 fully saturated rings. The second-order valence-corrected chi connectivity index (χ2v) is 7.44. The molecular formula is C21H43N4O2+. The summed E-state index contributed by atoms with van der Waals surface area (Å²) in [6.45, 7) is 4.96. The smallest absolute Gasteiger partial charge is 0.338 e. The minimum absolute atomic E-state index is 0.00584. The summed E-state index contributed by atoms with van der Waals surface area (Å²) in [6, 6.07) is -0.389. The number of guanidine groups is 1. The zero-order valence-electron chi connectivity index (χ0n) is 17.7. The van der Waals surface area contributed by atoms with Crippen LogP contribution in [0.2, 0.25) is 0 Å². The molecule has 0 aliphatic rings. The molecule has 0 aliphatic carbocycles. The van der Waals surface area contributed by atoms with Crippen LogP contribution in [0.3, 0.4) is 0 Å². The molecule has 0 radical (unpaired) electrons. The van der Waals surface area contributed by atoms with Crippen molar-refractivity contribution in [3.63, 3.8) is 0 Å². The van der Waals surface area contributed by atoms with Crippen LogP contribution >= 0.6 is 0 Å². The fourth-order valence-electron chi connectivity index (χ4n) is 3.09. The Bertz CT molecular complexity index is 420. The van der Waals surface area contributed by atoms with Crippen molar-refractivity contribution in [2.24, 2.45) is 11.5 Å². The van der Waals surface area contributed by atoms with E-state index >= 15 is 0 Å². The summed E-state index contributed by atoms with van der Waals surface area (Å²) in [5.41, 5.74) is 10.8. The maximum Gasteiger partial charge on any atom is 0.338 e. The molecule has 27 heavy (non-hydrogen) atoms. The predicted octanol–water partition coefficient (Wildman–Crippen LogP) is 1.90. The highest BCUT2D eigenvalue weighted by Crippen LogP contribution is 2.10. The molecule has 1 unspecified atom stereocenters. The summed E-state index contributed by atoms with van der Waals surface area (Å²) in [5, 5.41) is 2.96. The number of hydrogen-bond acceptors (Lipinski definition) is 2. The molecule has 0 aromatic heterocycles. The fourth-order valence-corrected chi connectivity index (χ4v) is 3.09. The van der Waals surface area contributed by atoms with E-state index in [1.54, 1.807) is 0 Å². The number of ketones is 1. The minimum atomic E-state index is -0.389. The van der Waals surface area contributed by atoms with E-state index in [1.165, 1.54) is 38.5 Å². The van der Waals surface area contributed by atoms with Gasteiger partial charge in [-0.1, -0.05) is 65.2 Å². The van der Waals surface area contributed by atoms with Crippen molar-refractivity contribution >= 4 is 17.6 Å². The van der Waals surface area contributed by atoms with Crippen molar-refractivity contribution in [1.82, 2.24) is 5.32 Å². The number of rotatable bonds is 18. The van der Waals surface area contributed by atoms with Crippen molar-refractivity contribution in [2.45, 2.75) is 110 Å². The van der Waals surface area contributed by atoms with E-state index in [4.69, 9.17) is 11.5 Å². The second-order valence-electron chi connectivity index (χ2n) is 7.44. The Balaban J connectivity index is 4.34. The molecule has 0 bridgehead atoms. The first-order chi connectivity index (χ1) is 13.0. The van der Waals surface area contributed by atoms with E-state index in [1.807, 2.05) is 0 Å². The number of unbranched alkanes of at least 4 members (excludes halogenated alkanes) is 8. The van der Waals surface area contributed by atoms with Gasteiger partial charge in [0, 0.05) is 12.8 Å². The van der Waals surface area contributed by atoms with Crippen LogP contribution in [0.4, 0.5) is 0 Å². The molecule has 1 atom stereocenters. The van der Waals surface area contributed by atoms with E-state index in [0.717, 1.165) is 32.1 Å². The van der Waals surface area contributed by atoms with E-state index in [2.05, 4.69) is 24.2 Å². The number of nitrogens with two attached hydrogens (primary N) is 2. The van der Waals surface area contributed by atoms with Gasteiger partial charge in [0.15, 0.2) is 5.78 Å². The van der Waals surface area contributed by atoms with Gasteiger partial charge in [0.25, 0.3) is 0 Å². The van der Waals surface area contributed by atoms with Gasteiger partial charge in [-0.3, -0.25) is 26.0 Å². The summed E-state index contributed by atoms with van der Waals surface area (Å²) in [6.07, 6.45) is 13.5. The Morgan fingerprint density at radius 1 is 0.815 bits per heavy atom. The molecule has 0 aromatic carbocycles. The molecule has 0 heterocycles. The lowest BCUT2D eigenvalue weighted by atomic mass is 10.0. The van der Waals surface area contributed by atoms with Crippen molar-refractivity contribution in [1.29, 1.82) is 0 Å². The molecule has 0 aliphatic heterocycles. The van der Waals surface area contributed by atoms with Gasteiger partial charge in [0.1, 0.15) is 0 Å². The summed E-state index contributed by atoms with van der Waals surface area (Å²) in [5.74, 6) is 0.328. The largest absolute Gasteiger partial charge is 0.346 e. The maximum absolute atomic E-state index is 12.6. The second kappa shape index (κ2) is 17.8. The minimum Gasteiger partial charge on any atom is -0.346 e. The average molecular weight is 384 g/mol. The number of carbonyl (C=O) groups excluding carboxylic acids is 2. The molecule has 0 saturated heterocycles. The van der Waals surface area contributed by atoms with Crippen LogP contribution in [-0.4, -0.2) is 30.2 Å². The van der Waals surface area contributed by atoms with Gasteiger partial charge in [-0.05, 0) is 25.7 Å². The Hall–Kier alpha value is -1.59. The van der Waals surface area contributed by atoms with E-state index < -0.39 is 0 Å². The lowest BCUT2D eigenvalue weighted by molar-refractivity contribution is -0.459. The van der Waals surface area contributed by atoms with Gasteiger partial charge in [-0.25, -0.2) is 0 Å². The van der Waals surface area contributed by atoms with Crippen molar-refractivity contribution in [3.05, 3.63) is 0 Å². The molecule has 6 heteroatoms. The molecule has 0 spiro atoms. The Kier molecular flexibility index (Phi) is 16.8. The standard InChI is InChI=1S/C21H42N4O2/c1-3-5-7-9-11-15-19(26)18(14-13-17-24-21(22)23)25-20(27)16-12-10-8-6-4-2/h18H,3-17H2,1-2H3,(H,25,27)(H4,22,23,24)/p+1. The summed E-state index contributed by atoms with van der Waals surface area (Å²) in [4.78, 5) is 27.6. The van der Waals surface area contributed by atoms with Gasteiger partial charge in [0.2, 0.25) is 5.91 Å². The van der Waals surface area contributed by atoms with Gasteiger partial charge < -0.3 is 5.32 Å². The summed E-state index contributed by atoms with van der Waals surface area (Å²) in [7, 11) is 0. The highest BCUT2D eigenvalue weighted by atomic mass is 16.2. The molecule has 0 rings (SSSR count). The monoisotopic (exact) mass is 383 g/mol. The summed E-state index contributed by atoms with van der Waals surface area (Å²) >= 11 is 0. The molecule has 158 valence electrons. The van der Waals surface area contributed by atoms with Gasteiger partial charge in [-0.2, -0.15) is 0 Å². The zero-order valence-corrected chi connectivity index (χ0v) is 17.7. The van der Waals surface area contributed by atoms with Crippen LogP contribution in [0.15, 0.2) is 0 Å². The fraction of sp³-hybridized carbons (Fsp3) is 0.857. The van der Waals surface area contributed by atoms with E-state index in [0.29, 0.717) is 25.8 Å². The van der Waals surface area contributed by atoms with Gasteiger partial charge in [-0.15, -0.1) is 0 Å². The number of amides is 1. The first kappa shape index (κ1) is 25.4. The van der Waals surface area contributed by atoms with Gasteiger partial charge in [0.05, 0.1) is 12.6 Å². The maximum atomic E-state index is 12.6. The topological polar surface area (TPSA) is 112 Å². The lowest BCUT2D eigenvalue weighted by Gasteiger charge is -2.17. The van der Waals surface area contributed by atoms with Crippen molar-refractivity contribution in [2.75, 3.05) is 6.54 Å². The molecule has 6 nitrogen and oxygen atoms in total. The zero-order chi connectivity index (χ0) is 20.3. The van der Waals surface area contributed by atoms with Crippen molar-refractivity contribution < 1.29 is 14.6 Å². The molecule has 1 amide bonds. The van der Waals surface area contributed by atoms with Crippen LogP contribution in [0.25, 0.3) is 0 Å². The Morgan fingerprint density at radius 2 is 1.37 bits per heavy atom. The Labute approximate surface area is 165 Å². The Morgan fingerprint density at radius 3 is 1.93 bits per heavy atom. The van der Waals surface area contributed by atoms with Crippen LogP contribution in [0.1, 0.15) is 104 Å². The quantitative estimate of drug-likeness (QED) is 0.164. The number of Topliss-reactive ketones (excluding diaryl/α,β-unsaturated/α-hetero) is 1. The first-order valence-electron chi connectivity index (χ1n) is 10.9. The van der Waals surface area contributed by atoms with Crippen molar-refractivity contribution in [3.8, 4) is 0 Å². The van der Waals surface area contributed by atoms with E-state index in [-0.39, 0.29) is 23.7 Å². The highest BCUT2D eigenvalue weighted by molar-refractivity contribution is 5.88.